The first-order valence-corrected chi connectivity index (χ1v) is 6.65. The van der Waals surface area contributed by atoms with Crippen LogP contribution in [0.5, 0.6) is 0 Å². The van der Waals surface area contributed by atoms with Crippen LogP contribution in [0.1, 0.15) is 30.3 Å². The van der Waals surface area contributed by atoms with Crippen LogP contribution in [0.15, 0.2) is 30.9 Å². The van der Waals surface area contributed by atoms with Crippen LogP contribution in [0, 0.1) is 0 Å². The van der Waals surface area contributed by atoms with E-state index in [-0.39, 0.29) is 0 Å². The average Bonchev–Trinajstić information content (AvgIpc) is 2.70. The van der Waals surface area contributed by atoms with Gasteiger partial charge in [-0.2, -0.15) is 0 Å². The molecule has 1 nitrogen and oxygen atoms in total. The van der Waals surface area contributed by atoms with E-state index in [9.17, 15) is 0 Å². The second kappa shape index (κ2) is 5.26. The van der Waals surface area contributed by atoms with Crippen molar-refractivity contribution in [2.75, 3.05) is 0 Å². The summed E-state index contributed by atoms with van der Waals surface area (Å²) in [7, 11) is 0. The maximum absolute atomic E-state index is 4.68. The van der Waals surface area contributed by atoms with Gasteiger partial charge in [0.05, 0.1) is 15.2 Å². The van der Waals surface area contributed by atoms with Crippen LogP contribution in [0.2, 0.25) is 0 Å². The van der Waals surface area contributed by atoms with E-state index in [1.54, 1.807) is 0 Å². The van der Waals surface area contributed by atoms with Crippen LogP contribution >= 0.6 is 11.3 Å². The van der Waals surface area contributed by atoms with E-state index >= 15 is 0 Å². The number of unbranched alkanes of at least 4 members (excludes halogenated alkanes) is 1. The average molecular weight is 231 g/mol. The van der Waals surface area contributed by atoms with Gasteiger partial charge in [-0.15, -0.1) is 17.9 Å². The number of hydrogen-bond acceptors (Lipinski definition) is 2. The largest absolute Gasteiger partial charge is 0.241 e. The van der Waals surface area contributed by atoms with Crippen molar-refractivity contribution in [1.29, 1.82) is 0 Å². The predicted molar refractivity (Wildman–Crippen MR) is 72.1 cm³/mol. The summed E-state index contributed by atoms with van der Waals surface area (Å²) in [6.45, 7) is 6.02. The zero-order valence-corrected chi connectivity index (χ0v) is 10.5. The van der Waals surface area contributed by atoms with Crippen molar-refractivity contribution in [3.05, 3.63) is 41.4 Å². The number of benzene rings is 1. The zero-order valence-electron chi connectivity index (χ0n) is 9.70. The fourth-order valence-corrected chi connectivity index (χ4v) is 2.93. The Bertz CT molecular complexity index is 484. The molecule has 0 aliphatic carbocycles. The smallest absolute Gasteiger partial charge is 0.0938 e. The predicted octanol–water partition coefficient (Wildman–Crippen LogP) is 4.37. The first kappa shape index (κ1) is 11.3. The molecule has 0 saturated carbocycles. The molecule has 0 aliphatic rings. The summed E-state index contributed by atoms with van der Waals surface area (Å²) in [4.78, 5) is 4.68. The highest BCUT2D eigenvalue weighted by Crippen LogP contribution is 2.27. The van der Waals surface area contributed by atoms with Gasteiger partial charge in [-0.05, 0) is 30.9 Å². The Labute approximate surface area is 101 Å². The summed E-state index contributed by atoms with van der Waals surface area (Å²) in [5.74, 6) is 0. The standard InChI is InChI=1S/C14H17NS/c1-3-5-10-13-15-12-9-6-8-11(7-4-2)14(12)16-13/h4,6,8-9H,2-3,5,7,10H2,1H3. The molecule has 0 spiro atoms. The molecule has 2 heteroatoms. The third-order valence-corrected chi connectivity index (χ3v) is 3.86. The Kier molecular flexibility index (Phi) is 3.73. The Morgan fingerprint density at radius 1 is 1.44 bits per heavy atom. The summed E-state index contributed by atoms with van der Waals surface area (Å²) < 4.78 is 1.34. The normalized spacial score (nSPS) is 10.8. The summed E-state index contributed by atoms with van der Waals surface area (Å²) >= 11 is 1.84. The van der Waals surface area contributed by atoms with E-state index in [2.05, 4.69) is 36.7 Å². The molecule has 2 rings (SSSR count). The molecule has 16 heavy (non-hydrogen) atoms. The monoisotopic (exact) mass is 231 g/mol. The number of nitrogens with zero attached hydrogens (tertiary/aromatic N) is 1. The number of aryl methyl sites for hydroxylation is 1. The van der Waals surface area contributed by atoms with Gasteiger partial charge in [0, 0.05) is 0 Å². The van der Waals surface area contributed by atoms with Crippen LogP contribution in [0.25, 0.3) is 10.2 Å². The minimum Gasteiger partial charge on any atom is -0.241 e. The third kappa shape index (κ3) is 2.33. The topological polar surface area (TPSA) is 12.9 Å². The van der Waals surface area contributed by atoms with Gasteiger partial charge < -0.3 is 0 Å². The number of thiazole rings is 1. The van der Waals surface area contributed by atoms with Crippen LogP contribution in [-0.4, -0.2) is 4.98 Å². The highest BCUT2D eigenvalue weighted by Gasteiger charge is 2.06. The van der Waals surface area contributed by atoms with Gasteiger partial charge in [-0.25, -0.2) is 4.98 Å². The van der Waals surface area contributed by atoms with Gasteiger partial charge in [0.2, 0.25) is 0 Å². The molecule has 1 heterocycles. The molecule has 0 amide bonds. The summed E-state index contributed by atoms with van der Waals surface area (Å²) in [6.07, 6.45) is 6.47. The van der Waals surface area contributed by atoms with Crippen molar-refractivity contribution in [2.24, 2.45) is 0 Å². The van der Waals surface area contributed by atoms with Crippen molar-refractivity contribution < 1.29 is 0 Å². The number of hydrogen-bond donors (Lipinski definition) is 0. The fourth-order valence-electron chi connectivity index (χ4n) is 1.80. The van der Waals surface area contributed by atoms with Crippen molar-refractivity contribution in [3.8, 4) is 0 Å². The molecule has 1 aromatic carbocycles. The maximum Gasteiger partial charge on any atom is 0.0938 e. The van der Waals surface area contributed by atoms with Gasteiger partial charge >= 0.3 is 0 Å². The van der Waals surface area contributed by atoms with Crippen LogP contribution < -0.4 is 0 Å². The molecule has 0 unspecified atom stereocenters. The van der Waals surface area contributed by atoms with Crippen molar-refractivity contribution >= 4 is 21.6 Å². The lowest BCUT2D eigenvalue weighted by atomic mass is 10.1. The van der Waals surface area contributed by atoms with Gasteiger partial charge in [-0.1, -0.05) is 31.6 Å². The van der Waals surface area contributed by atoms with E-state index in [0.29, 0.717) is 0 Å². The molecule has 84 valence electrons. The Balaban J connectivity index is 2.36. The minimum atomic E-state index is 0.937. The molecule has 0 N–H and O–H groups in total. The molecule has 0 fully saturated rings. The highest BCUT2D eigenvalue weighted by atomic mass is 32.1. The first-order chi connectivity index (χ1) is 7.85. The van der Waals surface area contributed by atoms with E-state index < -0.39 is 0 Å². The van der Waals surface area contributed by atoms with Gasteiger partial charge in [0.15, 0.2) is 0 Å². The molecule has 0 atom stereocenters. The lowest BCUT2D eigenvalue weighted by molar-refractivity contribution is 0.791. The van der Waals surface area contributed by atoms with Crippen LogP contribution in [-0.2, 0) is 12.8 Å². The lowest BCUT2D eigenvalue weighted by Crippen LogP contribution is -1.81. The van der Waals surface area contributed by atoms with E-state index in [1.165, 1.54) is 28.1 Å². The second-order valence-corrected chi connectivity index (χ2v) is 5.05. The molecular formula is C14H17NS. The maximum atomic E-state index is 4.68. The molecule has 0 radical (unpaired) electrons. The summed E-state index contributed by atoms with van der Waals surface area (Å²) in [5.41, 5.74) is 2.50. The summed E-state index contributed by atoms with van der Waals surface area (Å²) in [5, 5.41) is 1.27. The fraction of sp³-hybridized carbons (Fsp3) is 0.357. The van der Waals surface area contributed by atoms with Crippen molar-refractivity contribution in [1.82, 2.24) is 4.98 Å². The molecule has 0 bridgehead atoms. The van der Waals surface area contributed by atoms with Crippen LogP contribution in [0.4, 0.5) is 0 Å². The van der Waals surface area contributed by atoms with Gasteiger partial charge in [0.1, 0.15) is 0 Å². The first-order valence-electron chi connectivity index (χ1n) is 5.83. The zero-order chi connectivity index (χ0) is 11.4. The molecule has 0 aliphatic heterocycles. The number of aromatic nitrogens is 1. The van der Waals surface area contributed by atoms with Crippen molar-refractivity contribution in [2.45, 2.75) is 32.6 Å². The van der Waals surface area contributed by atoms with Gasteiger partial charge in [0.25, 0.3) is 0 Å². The van der Waals surface area contributed by atoms with Gasteiger partial charge in [-0.3, -0.25) is 0 Å². The Morgan fingerprint density at radius 3 is 3.06 bits per heavy atom. The highest BCUT2D eigenvalue weighted by molar-refractivity contribution is 7.18. The lowest BCUT2D eigenvalue weighted by Gasteiger charge is -1.96. The van der Waals surface area contributed by atoms with Crippen LogP contribution in [0.3, 0.4) is 0 Å². The molecule has 1 aromatic heterocycles. The quantitative estimate of drug-likeness (QED) is 0.696. The number of allylic oxidation sites excluding steroid dienone is 1. The SMILES string of the molecule is C=CCc1cccc2nc(CCCC)sc12. The number of fused-ring (bicyclic) bond motifs is 1. The van der Waals surface area contributed by atoms with E-state index in [0.717, 1.165) is 18.4 Å². The Morgan fingerprint density at radius 2 is 2.31 bits per heavy atom. The molecule has 2 aromatic rings. The third-order valence-electron chi connectivity index (χ3n) is 2.65. The summed E-state index contributed by atoms with van der Waals surface area (Å²) in [6, 6.07) is 6.37. The molecular weight excluding hydrogens is 214 g/mol. The van der Waals surface area contributed by atoms with E-state index in [4.69, 9.17) is 0 Å². The van der Waals surface area contributed by atoms with E-state index in [1.807, 2.05) is 17.4 Å². The molecule has 0 saturated heterocycles. The van der Waals surface area contributed by atoms with Crippen molar-refractivity contribution in [3.63, 3.8) is 0 Å². The second-order valence-electron chi connectivity index (χ2n) is 3.97. The Hall–Kier alpha value is -1.15. The minimum absolute atomic E-state index is 0.937. The number of rotatable bonds is 5.